The van der Waals surface area contributed by atoms with Crippen molar-refractivity contribution < 1.29 is 10.2 Å². The number of piperidine rings is 1. The van der Waals surface area contributed by atoms with Gasteiger partial charge in [-0.15, -0.1) is 0 Å². The second kappa shape index (κ2) is 5.51. The zero-order valence-corrected chi connectivity index (χ0v) is 7.54. The SMILES string of the molecule is [O]CCN1CCCC[C@H]1CCO. The number of aliphatic hydroxyl groups excluding tert-OH is 1. The molecule has 1 heterocycles. The second-order valence-electron chi connectivity index (χ2n) is 3.40. The molecule has 1 radical (unpaired) electrons. The zero-order chi connectivity index (χ0) is 8.81. The first kappa shape index (κ1) is 9.96. The normalized spacial score (nSPS) is 26.0. The van der Waals surface area contributed by atoms with Gasteiger partial charge in [-0.1, -0.05) is 6.42 Å². The van der Waals surface area contributed by atoms with Crippen LogP contribution in [0.15, 0.2) is 0 Å². The van der Waals surface area contributed by atoms with E-state index in [9.17, 15) is 5.11 Å². The third kappa shape index (κ3) is 2.73. The Kier molecular flexibility index (Phi) is 4.58. The lowest BCUT2D eigenvalue weighted by molar-refractivity contribution is 0.0770. The van der Waals surface area contributed by atoms with Crippen LogP contribution in [0.5, 0.6) is 0 Å². The van der Waals surface area contributed by atoms with Crippen molar-refractivity contribution in [2.45, 2.75) is 31.7 Å². The summed E-state index contributed by atoms with van der Waals surface area (Å²) in [6.45, 7) is 1.94. The van der Waals surface area contributed by atoms with Crippen LogP contribution in [0.1, 0.15) is 25.7 Å². The minimum Gasteiger partial charge on any atom is -0.396 e. The van der Waals surface area contributed by atoms with Gasteiger partial charge in [-0.25, -0.2) is 5.11 Å². The van der Waals surface area contributed by atoms with E-state index in [1.54, 1.807) is 0 Å². The number of nitrogens with zero attached hydrogens (tertiary/aromatic N) is 1. The number of hydrogen-bond acceptors (Lipinski definition) is 2. The summed E-state index contributed by atoms with van der Waals surface area (Å²) >= 11 is 0. The molecular formula is C9H18NO2. The van der Waals surface area contributed by atoms with Crippen molar-refractivity contribution in [2.24, 2.45) is 0 Å². The molecule has 1 atom stereocenters. The van der Waals surface area contributed by atoms with Gasteiger partial charge in [0.2, 0.25) is 0 Å². The summed E-state index contributed by atoms with van der Waals surface area (Å²) < 4.78 is 0. The number of rotatable bonds is 4. The van der Waals surface area contributed by atoms with E-state index in [1.165, 1.54) is 12.8 Å². The number of likely N-dealkylation sites (tertiary alicyclic amines) is 1. The van der Waals surface area contributed by atoms with Crippen molar-refractivity contribution in [3.05, 3.63) is 0 Å². The summed E-state index contributed by atoms with van der Waals surface area (Å²) in [5.41, 5.74) is 0. The Morgan fingerprint density at radius 2 is 2.25 bits per heavy atom. The summed E-state index contributed by atoms with van der Waals surface area (Å²) in [5, 5.41) is 19.2. The van der Waals surface area contributed by atoms with E-state index >= 15 is 0 Å². The maximum absolute atomic E-state index is 10.4. The first-order valence-corrected chi connectivity index (χ1v) is 4.81. The molecule has 0 saturated carbocycles. The van der Waals surface area contributed by atoms with Gasteiger partial charge in [-0.3, -0.25) is 4.90 Å². The van der Waals surface area contributed by atoms with Crippen LogP contribution in [0.2, 0.25) is 0 Å². The van der Waals surface area contributed by atoms with Crippen molar-refractivity contribution in [1.82, 2.24) is 4.90 Å². The molecule has 1 rings (SSSR count). The first-order valence-electron chi connectivity index (χ1n) is 4.81. The number of aliphatic hydroxyl groups is 1. The third-order valence-corrected chi connectivity index (χ3v) is 2.59. The molecular weight excluding hydrogens is 154 g/mol. The van der Waals surface area contributed by atoms with Crippen LogP contribution < -0.4 is 0 Å². The largest absolute Gasteiger partial charge is 0.396 e. The Morgan fingerprint density at radius 3 is 2.92 bits per heavy atom. The smallest absolute Gasteiger partial charge is 0.0949 e. The lowest BCUT2D eigenvalue weighted by Crippen LogP contribution is -2.41. The van der Waals surface area contributed by atoms with Crippen LogP contribution in [0.3, 0.4) is 0 Å². The summed E-state index contributed by atoms with van der Waals surface area (Å²) in [5.74, 6) is 0. The van der Waals surface area contributed by atoms with Gasteiger partial charge in [0.15, 0.2) is 0 Å². The standard InChI is InChI=1S/C9H18NO2/c11-7-4-9-3-1-2-5-10(9)6-8-12/h9,11H,1-8H2/t9-/m0/s1. The summed E-state index contributed by atoms with van der Waals surface area (Å²) in [6.07, 6.45) is 4.45. The molecule has 3 nitrogen and oxygen atoms in total. The quantitative estimate of drug-likeness (QED) is 0.676. The fraction of sp³-hybridized carbons (Fsp3) is 1.00. The summed E-state index contributed by atoms with van der Waals surface area (Å²) in [7, 11) is 0. The molecule has 1 aliphatic heterocycles. The van der Waals surface area contributed by atoms with Crippen molar-refractivity contribution in [1.29, 1.82) is 0 Å². The lowest BCUT2D eigenvalue weighted by Gasteiger charge is -2.34. The third-order valence-electron chi connectivity index (χ3n) is 2.59. The van der Waals surface area contributed by atoms with Crippen molar-refractivity contribution in [2.75, 3.05) is 26.3 Å². The van der Waals surface area contributed by atoms with E-state index in [0.29, 0.717) is 12.6 Å². The van der Waals surface area contributed by atoms with Gasteiger partial charge >= 0.3 is 0 Å². The molecule has 0 spiro atoms. The molecule has 1 N–H and O–H groups in total. The van der Waals surface area contributed by atoms with Gasteiger partial charge < -0.3 is 5.11 Å². The monoisotopic (exact) mass is 172 g/mol. The van der Waals surface area contributed by atoms with E-state index in [1.807, 2.05) is 0 Å². The van der Waals surface area contributed by atoms with Crippen molar-refractivity contribution in [3.8, 4) is 0 Å². The van der Waals surface area contributed by atoms with Gasteiger partial charge in [0.1, 0.15) is 0 Å². The molecule has 0 amide bonds. The van der Waals surface area contributed by atoms with Crippen molar-refractivity contribution >= 4 is 0 Å². The molecule has 0 unspecified atom stereocenters. The Bertz CT molecular complexity index is 101. The molecule has 1 fully saturated rings. The van der Waals surface area contributed by atoms with Crippen LogP contribution in [0.4, 0.5) is 0 Å². The van der Waals surface area contributed by atoms with E-state index in [4.69, 9.17) is 5.11 Å². The van der Waals surface area contributed by atoms with Gasteiger partial charge in [-0.2, -0.15) is 0 Å². The molecule has 1 aliphatic rings. The fourth-order valence-electron chi connectivity index (χ4n) is 1.95. The zero-order valence-electron chi connectivity index (χ0n) is 7.54. The topological polar surface area (TPSA) is 43.4 Å². The second-order valence-corrected chi connectivity index (χ2v) is 3.40. The molecule has 0 bridgehead atoms. The molecule has 0 aromatic rings. The average molecular weight is 172 g/mol. The average Bonchev–Trinajstić information content (AvgIpc) is 2.09. The highest BCUT2D eigenvalue weighted by Gasteiger charge is 2.20. The van der Waals surface area contributed by atoms with E-state index in [2.05, 4.69) is 4.90 Å². The van der Waals surface area contributed by atoms with Gasteiger partial charge in [0.25, 0.3) is 0 Å². The molecule has 0 aromatic carbocycles. The highest BCUT2D eigenvalue weighted by Crippen LogP contribution is 2.18. The van der Waals surface area contributed by atoms with Crippen LogP contribution in [0, 0.1) is 0 Å². The van der Waals surface area contributed by atoms with Gasteiger partial charge in [0, 0.05) is 19.2 Å². The Labute approximate surface area is 74.0 Å². The minimum absolute atomic E-state index is 0.0120. The Balaban J connectivity index is 2.31. The van der Waals surface area contributed by atoms with E-state index < -0.39 is 0 Å². The Morgan fingerprint density at radius 1 is 1.42 bits per heavy atom. The predicted molar refractivity (Wildman–Crippen MR) is 46.5 cm³/mol. The van der Waals surface area contributed by atoms with Crippen LogP contribution >= 0.6 is 0 Å². The summed E-state index contributed by atoms with van der Waals surface area (Å²) in [6, 6.07) is 0.470. The van der Waals surface area contributed by atoms with Gasteiger partial charge in [-0.05, 0) is 25.8 Å². The molecule has 0 aliphatic carbocycles. The lowest BCUT2D eigenvalue weighted by atomic mass is 10.00. The van der Waals surface area contributed by atoms with Crippen molar-refractivity contribution in [3.63, 3.8) is 0 Å². The van der Waals surface area contributed by atoms with Gasteiger partial charge in [0.05, 0.1) is 6.61 Å². The fourth-order valence-corrected chi connectivity index (χ4v) is 1.95. The minimum atomic E-state index is -0.0120. The highest BCUT2D eigenvalue weighted by molar-refractivity contribution is 4.76. The predicted octanol–water partition coefficient (Wildman–Crippen LogP) is 0.654. The van der Waals surface area contributed by atoms with Crippen LogP contribution in [0.25, 0.3) is 0 Å². The maximum Gasteiger partial charge on any atom is 0.0949 e. The molecule has 3 heteroatoms. The number of hydrogen-bond donors (Lipinski definition) is 1. The molecule has 12 heavy (non-hydrogen) atoms. The maximum atomic E-state index is 10.4. The van der Waals surface area contributed by atoms with Crippen LogP contribution in [-0.2, 0) is 5.11 Å². The molecule has 1 saturated heterocycles. The van der Waals surface area contributed by atoms with Crippen LogP contribution in [-0.4, -0.2) is 42.4 Å². The summed E-state index contributed by atoms with van der Waals surface area (Å²) in [4.78, 5) is 2.23. The molecule has 0 aromatic heterocycles. The first-order chi connectivity index (χ1) is 5.88. The van der Waals surface area contributed by atoms with E-state index in [-0.39, 0.29) is 13.2 Å². The molecule has 71 valence electrons. The highest BCUT2D eigenvalue weighted by atomic mass is 16.3. The Hall–Kier alpha value is -0.120. The van der Waals surface area contributed by atoms with E-state index in [0.717, 1.165) is 19.4 Å².